The fourth-order valence-electron chi connectivity index (χ4n) is 1.36. The van der Waals surface area contributed by atoms with Gasteiger partial charge < -0.3 is 19.9 Å². The molecule has 0 heterocycles. The first-order chi connectivity index (χ1) is 8.04. The minimum atomic E-state index is -1.19. The van der Waals surface area contributed by atoms with Crippen LogP contribution in [0.15, 0.2) is 12.1 Å². The Morgan fingerprint density at radius 2 is 1.72 bits per heavy atom. The average Bonchev–Trinajstić information content (AvgIpc) is 2.36. The molecule has 0 bridgehead atoms. The third kappa shape index (κ3) is 3.24. The lowest BCUT2D eigenvalue weighted by atomic mass is 10.1. The monoisotopic (exact) mass is 279 g/mol. The molecule has 0 spiro atoms. The largest absolute Gasteiger partial charge is 0.493 e. The molecule has 0 fully saturated rings. The minimum absolute atomic E-state index is 0. The van der Waals surface area contributed by atoms with Crippen LogP contribution in [0.1, 0.15) is 11.6 Å². The maximum Gasteiger partial charge on any atom is 0.327 e. The number of nitrogens with two attached hydrogens (primary N) is 1. The van der Waals surface area contributed by atoms with Gasteiger partial charge in [-0.25, -0.2) is 4.39 Å². The van der Waals surface area contributed by atoms with Crippen molar-refractivity contribution < 1.29 is 23.4 Å². The Bertz CT molecular complexity index is 428. The van der Waals surface area contributed by atoms with Crippen LogP contribution in [0.3, 0.4) is 0 Å². The Kier molecular flexibility index (Phi) is 6.43. The van der Waals surface area contributed by atoms with Crippen molar-refractivity contribution in [2.24, 2.45) is 5.73 Å². The molecule has 5 nitrogen and oxygen atoms in total. The molecular weight excluding hydrogens is 265 g/mol. The van der Waals surface area contributed by atoms with Gasteiger partial charge in [-0.1, -0.05) is 0 Å². The molecule has 1 aromatic carbocycles. The van der Waals surface area contributed by atoms with Crippen LogP contribution in [0.4, 0.5) is 4.39 Å². The fraction of sp³-hybridized carbons (Fsp3) is 0.364. The van der Waals surface area contributed by atoms with Crippen LogP contribution in [0.25, 0.3) is 0 Å². The van der Waals surface area contributed by atoms with Crippen LogP contribution in [0.2, 0.25) is 0 Å². The smallest absolute Gasteiger partial charge is 0.327 e. The number of benzene rings is 1. The van der Waals surface area contributed by atoms with Crippen molar-refractivity contribution >= 4 is 18.4 Å². The van der Waals surface area contributed by atoms with Crippen molar-refractivity contribution in [1.82, 2.24) is 0 Å². The van der Waals surface area contributed by atoms with Crippen molar-refractivity contribution in [3.8, 4) is 11.5 Å². The molecule has 18 heavy (non-hydrogen) atoms. The highest BCUT2D eigenvalue weighted by Crippen LogP contribution is 2.32. The molecule has 0 aromatic heterocycles. The Hall–Kier alpha value is -1.53. The van der Waals surface area contributed by atoms with Gasteiger partial charge in [0.25, 0.3) is 0 Å². The van der Waals surface area contributed by atoms with Crippen LogP contribution >= 0.6 is 12.4 Å². The van der Waals surface area contributed by atoms with Crippen LogP contribution in [-0.4, -0.2) is 27.3 Å². The maximum atomic E-state index is 13.7. The standard InChI is InChI=1S/C11H14FNO4.ClH/c1-15-8-4-6(10(13)11(14)17-3)7(12)5-9(8)16-2;/h4-5,10H,13H2,1-3H3;1H/t10-;/m1./s1. The average molecular weight is 280 g/mol. The SMILES string of the molecule is COC(=O)[C@H](N)c1cc(OC)c(OC)cc1F.Cl. The molecule has 1 atom stereocenters. The van der Waals surface area contributed by atoms with E-state index < -0.39 is 17.8 Å². The number of ether oxygens (including phenoxy) is 3. The summed E-state index contributed by atoms with van der Waals surface area (Å²) in [5, 5.41) is 0. The summed E-state index contributed by atoms with van der Waals surface area (Å²) in [7, 11) is 3.97. The molecule has 0 aliphatic heterocycles. The third-order valence-corrected chi connectivity index (χ3v) is 2.29. The van der Waals surface area contributed by atoms with E-state index in [4.69, 9.17) is 15.2 Å². The van der Waals surface area contributed by atoms with E-state index in [1.165, 1.54) is 27.4 Å². The zero-order valence-corrected chi connectivity index (χ0v) is 11.0. The minimum Gasteiger partial charge on any atom is -0.493 e. The number of carbonyl (C=O) groups is 1. The number of hydrogen-bond acceptors (Lipinski definition) is 5. The van der Waals surface area contributed by atoms with Crippen LogP contribution in [-0.2, 0) is 9.53 Å². The van der Waals surface area contributed by atoms with Gasteiger partial charge in [-0.2, -0.15) is 0 Å². The zero-order valence-electron chi connectivity index (χ0n) is 10.2. The van der Waals surface area contributed by atoms with E-state index in [-0.39, 0.29) is 23.7 Å². The molecule has 102 valence electrons. The van der Waals surface area contributed by atoms with Crippen molar-refractivity contribution in [2.45, 2.75) is 6.04 Å². The summed E-state index contributed by atoms with van der Waals surface area (Å²) in [5.41, 5.74) is 5.55. The Morgan fingerprint density at radius 1 is 1.22 bits per heavy atom. The molecule has 0 saturated heterocycles. The highest BCUT2D eigenvalue weighted by atomic mass is 35.5. The molecule has 1 rings (SSSR count). The molecule has 0 saturated carbocycles. The molecule has 0 radical (unpaired) electrons. The molecule has 0 amide bonds. The van der Waals surface area contributed by atoms with Crippen molar-refractivity contribution in [3.63, 3.8) is 0 Å². The molecule has 1 aromatic rings. The lowest BCUT2D eigenvalue weighted by Gasteiger charge is -2.14. The summed E-state index contributed by atoms with van der Waals surface area (Å²) in [5.74, 6) is -0.856. The molecular formula is C11H15ClFNO4. The van der Waals surface area contributed by atoms with E-state index in [1.54, 1.807) is 0 Å². The molecule has 7 heteroatoms. The second-order valence-corrected chi connectivity index (χ2v) is 3.23. The van der Waals surface area contributed by atoms with Gasteiger partial charge in [0.2, 0.25) is 0 Å². The molecule has 0 unspecified atom stereocenters. The zero-order chi connectivity index (χ0) is 13.0. The van der Waals surface area contributed by atoms with Gasteiger partial charge >= 0.3 is 5.97 Å². The summed E-state index contributed by atoms with van der Waals surface area (Å²) in [6.45, 7) is 0. The van der Waals surface area contributed by atoms with Gasteiger partial charge in [-0.15, -0.1) is 12.4 Å². The number of hydrogen-bond donors (Lipinski definition) is 1. The molecule has 2 N–H and O–H groups in total. The summed E-state index contributed by atoms with van der Waals surface area (Å²) in [4.78, 5) is 11.2. The van der Waals surface area contributed by atoms with E-state index in [1.807, 2.05) is 0 Å². The quantitative estimate of drug-likeness (QED) is 0.845. The predicted octanol–water partition coefficient (Wildman–Crippen LogP) is 1.44. The number of methoxy groups -OCH3 is 3. The molecule has 0 aliphatic rings. The number of rotatable bonds is 4. The van der Waals surface area contributed by atoms with Gasteiger partial charge in [-0.3, -0.25) is 4.79 Å². The van der Waals surface area contributed by atoms with Crippen LogP contribution in [0, 0.1) is 5.82 Å². The molecule has 0 aliphatic carbocycles. The van der Waals surface area contributed by atoms with Crippen molar-refractivity contribution in [1.29, 1.82) is 0 Å². The fourth-order valence-corrected chi connectivity index (χ4v) is 1.36. The first-order valence-corrected chi connectivity index (χ1v) is 4.80. The van der Waals surface area contributed by atoms with E-state index in [9.17, 15) is 9.18 Å². The first kappa shape index (κ1) is 16.5. The van der Waals surface area contributed by atoms with Gasteiger partial charge in [0.1, 0.15) is 11.9 Å². The van der Waals surface area contributed by atoms with E-state index in [0.29, 0.717) is 5.75 Å². The maximum absolute atomic E-state index is 13.7. The summed E-state index contributed by atoms with van der Waals surface area (Å²) in [6, 6.07) is 1.23. The summed E-state index contributed by atoms with van der Waals surface area (Å²) < 4.78 is 28.0. The Labute approximate surface area is 110 Å². The van der Waals surface area contributed by atoms with Crippen LogP contribution < -0.4 is 15.2 Å². The predicted molar refractivity (Wildman–Crippen MR) is 65.7 cm³/mol. The normalized spacial score (nSPS) is 11.2. The number of carbonyl (C=O) groups excluding carboxylic acids is 1. The van der Waals surface area contributed by atoms with E-state index in [2.05, 4.69) is 4.74 Å². The van der Waals surface area contributed by atoms with Crippen molar-refractivity contribution in [2.75, 3.05) is 21.3 Å². The van der Waals surface area contributed by atoms with Gasteiger partial charge in [0.05, 0.1) is 21.3 Å². The number of halogens is 2. The van der Waals surface area contributed by atoms with Crippen LogP contribution in [0.5, 0.6) is 11.5 Å². The van der Waals surface area contributed by atoms with Gasteiger partial charge in [-0.05, 0) is 6.07 Å². The number of esters is 1. The Morgan fingerprint density at radius 3 is 2.17 bits per heavy atom. The Balaban J connectivity index is 0.00000289. The van der Waals surface area contributed by atoms with Gasteiger partial charge in [0.15, 0.2) is 11.5 Å². The first-order valence-electron chi connectivity index (χ1n) is 4.80. The topological polar surface area (TPSA) is 70.8 Å². The highest BCUT2D eigenvalue weighted by Gasteiger charge is 2.22. The van der Waals surface area contributed by atoms with Crippen molar-refractivity contribution in [3.05, 3.63) is 23.5 Å². The second kappa shape index (κ2) is 7.03. The summed E-state index contributed by atoms with van der Waals surface area (Å²) in [6.07, 6.45) is 0. The lowest BCUT2D eigenvalue weighted by molar-refractivity contribution is -0.142. The third-order valence-electron chi connectivity index (χ3n) is 2.29. The van der Waals surface area contributed by atoms with E-state index in [0.717, 1.165) is 6.07 Å². The summed E-state index contributed by atoms with van der Waals surface area (Å²) >= 11 is 0. The second-order valence-electron chi connectivity index (χ2n) is 3.23. The van der Waals surface area contributed by atoms with E-state index >= 15 is 0 Å². The van der Waals surface area contributed by atoms with Gasteiger partial charge in [0, 0.05) is 11.6 Å². The lowest BCUT2D eigenvalue weighted by Crippen LogP contribution is -2.23. The highest BCUT2D eigenvalue weighted by molar-refractivity contribution is 5.85.